The minimum atomic E-state index is 0.993. The zero-order valence-electron chi connectivity index (χ0n) is 8.47. The molecule has 0 saturated heterocycles. The molecule has 3 heteroatoms. The van der Waals surface area contributed by atoms with Gasteiger partial charge in [-0.15, -0.1) is 0 Å². The van der Waals surface area contributed by atoms with E-state index in [1.807, 2.05) is 35.0 Å². The van der Waals surface area contributed by atoms with Crippen molar-refractivity contribution in [2.24, 2.45) is 0 Å². The fourth-order valence-corrected chi connectivity index (χ4v) is 2.13. The summed E-state index contributed by atoms with van der Waals surface area (Å²) in [4.78, 5) is 0. The lowest BCUT2D eigenvalue weighted by atomic mass is 10.1. The molecule has 2 heterocycles. The van der Waals surface area contributed by atoms with E-state index in [9.17, 15) is 0 Å². The first-order valence-electron chi connectivity index (χ1n) is 5.03. The zero-order valence-corrected chi connectivity index (χ0v) is 10.1. The van der Waals surface area contributed by atoms with E-state index in [1.54, 1.807) is 0 Å². The number of rotatable bonds is 1. The molecule has 3 aromatic rings. The van der Waals surface area contributed by atoms with Gasteiger partial charge in [-0.1, -0.05) is 34.1 Å². The first kappa shape index (κ1) is 9.60. The van der Waals surface area contributed by atoms with Gasteiger partial charge in [-0.25, -0.2) is 4.52 Å². The van der Waals surface area contributed by atoms with Crippen molar-refractivity contribution in [2.45, 2.75) is 0 Å². The molecule has 2 aromatic heterocycles. The summed E-state index contributed by atoms with van der Waals surface area (Å²) < 4.78 is 2.96. The Kier molecular flexibility index (Phi) is 2.26. The van der Waals surface area contributed by atoms with Crippen LogP contribution in [0, 0.1) is 0 Å². The lowest BCUT2D eigenvalue weighted by molar-refractivity contribution is 0.966. The second-order valence-corrected chi connectivity index (χ2v) is 4.53. The van der Waals surface area contributed by atoms with E-state index in [4.69, 9.17) is 0 Å². The monoisotopic (exact) mass is 272 g/mol. The molecule has 0 spiro atoms. The highest BCUT2D eigenvalue weighted by molar-refractivity contribution is 9.10. The number of nitrogens with zero attached hydrogens (tertiary/aromatic N) is 2. The Morgan fingerprint density at radius 2 is 1.94 bits per heavy atom. The molecule has 0 radical (unpaired) electrons. The van der Waals surface area contributed by atoms with E-state index in [-0.39, 0.29) is 0 Å². The highest BCUT2D eigenvalue weighted by atomic mass is 79.9. The summed E-state index contributed by atoms with van der Waals surface area (Å²) in [6.45, 7) is 0. The third kappa shape index (κ3) is 1.63. The summed E-state index contributed by atoms with van der Waals surface area (Å²) in [5.74, 6) is 0. The lowest BCUT2D eigenvalue weighted by Gasteiger charge is -1.95. The Balaban J connectivity index is 2.19. The van der Waals surface area contributed by atoms with E-state index in [0.717, 1.165) is 21.2 Å². The van der Waals surface area contributed by atoms with Crippen LogP contribution in [0.25, 0.3) is 16.8 Å². The van der Waals surface area contributed by atoms with Gasteiger partial charge in [-0.05, 0) is 30.3 Å². The molecule has 0 aliphatic carbocycles. The van der Waals surface area contributed by atoms with Crippen LogP contribution < -0.4 is 0 Å². The van der Waals surface area contributed by atoms with Crippen molar-refractivity contribution in [1.82, 2.24) is 9.61 Å². The first-order chi connectivity index (χ1) is 7.83. The van der Waals surface area contributed by atoms with Gasteiger partial charge in [-0.2, -0.15) is 5.10 Å². The summed E-state index contributed by atoms with van der Waals surface area (Å²) in [5.41, 5.74) is 3.23. The molecule has 0 aliphatic heterocycles. The van der Waals surface area contributed by atoms with Crippen molar-refractivity contribution < 1.29 is 0 Å². The van der Waals surface area contributed by atoms with Crippen molar-refractivity contribution in [2.75, 3.05) is 0 Å². The van der Waals surface area contributed by atoms with Gasteiger partial charge in [0.15, 0.2) is 0 Å². The lowest BCUT2D eigenvalue weighted by Crippen LogP contribution is -1.84. The summed E-state index contributed by atoms with van der Waals surface area (Å²) in [5, 5.41) is 4.52. The molecule has 16 heavy (non-hydrogen) atoms. The second-order valence-electron chi connectivity index (χ2n) is 3.61. The fourth-order valence-electron chi connectivity index (χ4n) is 1.73. The maximum atomic E-state index is 4.52. The maximum Gasteiger partial charge on any atom is 0.0934 e. The van der Waals surface area contributed by atoms with Gasteiger partial charge >= 0.3 is 0 Å². The molecule has 0 fully saturated rings. The molecule has 0 unspecified atom stereocenters. The Labute approximate surface area is 102 Å². The van der Waals surface area contributed by atoms with Gasteiger partial charge in [-0.3, -0.25) is 0 Å². The summed E-state index contributed by atoms with van der Waals surface area (Å²) in [7, 11) is 0. The third-order valence-electron chi connectivity index (χ3n) is 2.49. The zero-order chi connectivity index (χ0) is 11.0. The van der Waals surface area contributed by atoms with Crippen molar-refractivity contribution in [1.29, 1.82) is 0 Å². The predicted octanol–water partition coefficient (Wildman–Crippen LogP) is 3.76. The Morgan fingerprint density at radius 1 is 1.00 bits per heavy atom. The van der Waals surface area contributed by atoms with Gasteiger partial charge in [0.1, 0.15) is 0 Å². The molecule has 0 N–H and O–H groups in total. The SMILES string of the molecule is Brc1cccc(-c2cc3ccccn3n2)c1. The van der Waals surface area contributed by atoms with Crippen LogP contribution in [-0.2, 0) is 0 Å². The van der Waals surface area contributed by atoms with Crippen molar-refractivity contribution in [3.8, 4) is 11.3 Å². The molecule has 2 nitrogen and oxygen atoms in total. The van der Waals surface area contributed by atoms with Gasteiger partial charge in [0, 0.05) is 16.2 Å². The fraction of sp³-hybridized carbons (Fsp3) is 0. The van der Waals surface area contributed by atoms with Crippen LogP contribution >= 0.6 is 15.9 Å². The quantitative estimate of drug-likeness (QED) is 0.659. The number of hydrogen-bond acceptors (Lipinski definition) is 1. The Hall–Kier alpha value is -1.61. The maximum absolute atomic E-state index is 4.52. The molecule has 0 bridgehead atoms. The third-order valence-corrected chi connectivity index (χ3v) is 2.98. The van der Waals surface area contributed by atoms with Crippen LogP contribution in [0.1, 0.15) is 0 Å². The molecule has 0 aliphatic rings. The van der Waals surface area contributed by atoms with E-state index in [1.165, 1.54) is 0 Å². The van der Waals surface area contributed by atoms with Crippen LogP contribution in [0.2, 0.25) is 0 Å². The van der Waals surface area contributed by atoms with E-state index < -0.39 is 0 Å². The first-order valence-corrected chi connectivity index (χ1v) is 5.82. The highest BCUT2D eigenvalue weighted by Crippen LogP contribution is 2.22. The Bertz CT molecular complexity index is 610. The van der Waals surface area contributed by atoms with Crippen LogP contribution in [-0.4, -0.2) is 9.61 Å². The van der Waals surface area contributed by atoms with Gasteiger partial charge in [0.05, 0.1) is 11.2 Å². The Morgan fingerprint density at radius 3 is 2.75 bits per heavy atom. The molecule has 0 amide bonds. The number of benzene rings is 1. The average molecular weight is 273 g/mol. The van der Waals surface area contributed by atoms with E-state index >= 15 is 0 Å². The van der Waals surface area contributed by atoms with Crippen molar-refractivity contribution in [3.63, 3.8) is 0 Å². The van der Waals surface area contributed by atoms with Gasteiger partial charge < -0.3 is 0 Å². The molecular weight excluding hydrogens is 264 g/mol. The van der Waals surface area contributed by atoms with E-state index in [0.29, 0.717) is 0 Å². The minimum absolute atomic E-state index is 0.993. The number of hydrogen-bond donors (Lipinski definition) is 0. The molecule has 3 rings (SSSR count). The summed E-state index contributed by atoms with van der Waals surface area (Å²) >= 11 is 3.47. The topological polar surface area (TPSA) is 17.3 Å². The predicted molar refractivity (Wildman–Crippen MR) is 68.3 cm³/mol. The summed E-state index contributed by atoms with van der Waals surface area (Å²) in [6, 6.07) is 16.3. The van der Waals surface area contributed by atoms with Crippen LogP contribution in [0.3, 0.4) is 0 Å². The minimum Gasteiger partial charge on any atom is -0.240 e. The standard InChI is InChI=1S/C13H9BrN2/c14-11-5-3-4-10(8-11)13-9-12-6-1-2-7-16(12)15-13/h1-9H. The van der Waals surface area contributed by atoms with Gasteiger partial charge in [0.2, 0.25) is 0 Å². The van der Waals surface area contributed by atoms with Crippen LogP contribution in [0.15, 0.2) is 59.2 Å². The second kappa shape index (κ2) is 3.76. The molecule has 1 aromatic carbocycles. The number of fused-ring (bicyclic) bond motifs is 1. The smallest absolute Gasteiger partial charge is 0.0934 e. The molecule has 78 valence electrons. The average Bonchev–Trinajstić information content (AvgIpc) is 2.72. The van der Waals surface area contributed by atoms with Gasteiger partial charge in [0.25, 0.3) is 0 Å². The molecule has 0 atom stereocenters. The summed E-state index contributed by atoms with van der Waals surface area (Å²) in [6.07, 6.45) is 1.96. The van der Waals surface area contributed by atoms with E-state index in [2.05, 4.69) is 45.3 Å². The largest absolute Gasteiger partial charge is 0.240 e. The number of pyridine rings is 1. The molecular formula is C13H9BrN2. The van der Waals surface area contributed by atoms with Crippen molar-refractivity contribution >= 4 is 21.4 Å². The van der Waals surface area contributed by atoms with Crippen LogP contribution in [0.5, 0.6) is 0 Å². The van der Waals surface area contributed by atoms with Crippen LogP contribution in [0.4, 0.5) is 0 Å². The van der Waals surface area contributed by atoms with Crippen molar-refractivity contribution in [3.05, 3.63) is 59.2 Å². The highest BCUT2D eigenvalue weighted by Gasteiger charge is 2.03. The molecule has 0 saturated carbocycles. The number of aromatic nitrogens is 2. The number of halogens is 1. The normalized spacial score (nSPS) is 10.8.